The first-order chi connectivity index (χ1) is 10.6. The third-order valence-corrected chi connectivity index (χ3v) is 3.37. The zero-order valence-corrected chi connectivity index (χ0v) is 13.2. The van der Waals surface area contributed by atoms with Crippen LogP contribution in [0.5, 0.6) is 11.5 Å². The molecule has 0 unspecified atom stereocenters. The summed E-state index contributed by atoms with van der Waals surface area (Å²) >= 11 is 0. The highest BCUT2D eigenvalue weighted by atomic mass is 16.5. The molecule has 0 radical (unpaired) electrons. The molecule has 0 bridgehead atoms. The van der Waals surface area contributed by atoms with Crippen molar-refractivity contribution >= 4 is 5.91 Å². The second-order valence-electron chi connectivity index (χ2n) is 5.12. The van der Waals surface area contributed by atoms with E-state index in [-0.39, 0.29) is 5.91 Å². The van der Waals surface area contributed by atoms with Gasteiger partial charge in [-0.1, -0.05) is 12.1 Å². The molecule has 2 aromatic carbocycles. The van der Waals surface area contributed by atoms with E-state index in [2.05, 4.69) is 0 Å². The number of nitrogens with zero attached hydrogens (tertiary/aromatic N) is 1. The number of methoxy groups -OCH3 is 1. The van der Waals surface area contributed by atoms with Crippen LogP contribution in [0.1, 0.15) is 15.9 Å². The number of aryl methyl sites for hydroxylation is 1. The van der Waals surface area contributed by atoms with Crippen LogP contribution in [0.4, 0.5) is 0 Å². The molecule has 0 fully saturated rings. The predicted molar refractivity (Wildman–Crippen MR) is 86.6 cm³/mol. The molecule has 0 aliphatic carbocycles. The number of rotatable bonds is 6. The van der Waals surface area contributed by atoms with Crippen LogP contribution >= 0.6 is 0 Å². The van der Waals surface area contributed by atoms with Crippen LogP contribution in [0.25, 0.3) is 0 Å². The van der Waals surface area contributed by atoms with Crippen LogP contribution in [0.2, 0.25) is 0 Å². The highest BCUT2D eigenvalue weighted by molar-refractivity contribution is 5.94. The second-order valence-corrected chi connectivity index (χ2v) is 5.12. The lowest BCUT2D eigenvalue weighted by molar-refractivity contribution is 0.0773. The van der Waals surface area contributed by atoms with Gasteiger partial charge in [-0.05, 0) is 48.9 Å². The molecule has 0 heterocycles. The van der Waals surface area contributed by atoms with E-state index >= 15 is 0 Å². The standard InChI is InChI=1S/C18H21NO3/c1-14-5-4-6-17(13-14)22-12-11-19(2)18(20)15-7-9-16(21-3)10-8-15/h4-10,13H,11-12H2,1-3H3. The number of carbonyl (C=O) groups excluding carboxylic acids is 1. The zero-order valence-electron chi connectivity index (χ0n) is 13.2. The fourth-order valence-electron chi connectivity index (χ4n) is 2.06. The first kappa shape index (κ1) is 15.9. The molecule has 22 heavy (non-hydrogen) atoms. The normalized spacial score (nSPS) is 10.1. The smallest absolute Gasteiger partial charge is 0.253 e. The second kappa shape index (κ2) is 7.50. The minimum Gasteiger partial charge on any atom is -0.497 e. The Kier molecular flexibility index (Phi) is 5.42. The summed E-state index contributed by atoms with van der Waals surface area (Å²) in [4.78, 5) is 13.9. The van der Waals surface area contributed by atoms with Crippen LogP contribution in [0.3, 0.4) is 0 Å². The molecule has 0 aliphatic heterocycles. The van der Waals surface area contributed by atoms with Crippen molar-refractivity contribution in [1.29, 1.82) is 0 Å². The van der Waals surface area contributed by atoms with Gasteiger partial charge in [-0.15, -0.1) is 0 Å². The third-order valence-electron chi connectivity index (χ3n) is 3.37. The van der Waals surface area contributed by atoms with Gasteiger partial charge in [0.1, 0.15) is 18.1 Å². The fraction of sp³-hybridized carbons (Fsp3) is 0.278. The van der Waals surface area contributed by atoms with Crippen molar-refractivity contribution < 1.29 is 14.3 Å². The highest BCUT2D eigenvalue weighted by Crippen LogP contribution is 2.14. The van der Waals surface area contributed by atoms with Gasteiger partial charge in [0, 0.05) is 12.6 Å². The molecule has 0 saturated heterocycles. The lowest BCUT2D eigenvalue weighted by Crippen LogP contribution is -2.30. The van der Waals surface area contributed by atoms with Crippen molar-refractivity contribution in [2.24, 2.45) is 0 Å². The van der Waals surface area contributed by atoms with Crippen molar-refractivity contribution in [2.75, 3.05) is 27.3 Å². The molecule has 0 N–H and O–H groups in total. The maximum Gasteiger partial charge on any atom is 0.253 e. The molecule has 0 spiro atoms. The molecule has 0 aliphatic rings. The van der Waals surface area contributed by atoms with Crippen molar-refractivity contribution in [3.05, 3.63) is 59.7 Å². The van der Waals surface area contributed by atoms with Crippen LogP contribution in [-0.4, -0.2) is 38.1 Å². The molecule has 2 rings (SSSR count). The number of amides is 1. The van der Waals surface area contributed by atoms with Gasteiger partial charge in [0.25, 0.3) is 5.91 Å². The molecule has 116 valence electrons. The van der Waals surface area contributed by atoms with E-state index in [1.54, 1.807) is 43.3 Å². The molecule has 4 heteroatoms. The van der Waals surface area contributed by atoms with E-state index < -0.39 is 0 Å². The number of hydrogen-bond acceptors (Lipinski definition) is 3. The van der Waals surface area contributed by atoms with Gasteiger partial charge in [-0.25, -0.2) is 0 Å². The summed E-state index contributed by atoms with van der Waals surface area (Å²) in [7, 11) is 3.37. The average Bonchev–Trinajstić information content (AvgIpc) is 2.54. The molecule has 1 amide bonds. The molecule has 2 aromatic rings. The highest BCUT2D eigenvalue weighted by Gasteiger charge is 2.11. The maximum absolute atomic E-state index is 12.3. The summed E-state index contributed by atoms with van der Waals surface area (Å²) in [5.41, 5.74) is 1.79. The zero-order chi connectivity index (χ0) is 15.9. The molecule has 4 nitrogen and oxygen atoms in total. The molecule has 0 atom stereocenters. The van der Waals surface area contributed by atoms with Crippen molar-refractivity contribution in [3.8, 4) is 11.5 Å². The average molecular weight is 299 g/mol. The minimum atomic E-state index is -0.0319. The first-order valence-corrected chi connectivity index (χ1v) is 7.19. The summed E-state index contributed by atoms with van der Waals surface area (Å²) in [6.45, 7) is 3.01. The summed E-state index contributed by atoms with van der Waals surface area (Å²) in [6, 6.07) is 15.0. The lowest BCUT2D eigenvalue weighted by Gasteiger charge is -2.18. The van der Waals surface area contributed by atoms with E-state index in [1.807, 2.05) is 31.2 Å². The van der Waals surface area contributed by atoms with E-state index in [1.165, 1.54) is 0 Å². The number of ether oxygens (including phenoxy) is 2. The maximum atomic E-state index is 12.3. The van der Waals surface area contributed by atoms with Gasteiger partial charge in [0.05, 0.1) is 13.7 Å². The van der Waals surface area contributed by atoms with Crippen LogP contribution < -0.4 is 9.47 Å². The Bertz CT molecular complexity index is 622. The van der Waals surface area contributed by atoms with E-state index in [0.717, 1.165) is 17.1 Å². The third kappa shape index (κ3) is 4.25. The van der Waals surface area contributed by atoms with Gasteiger partial charge in [-0.3, -0.25) is 4.79 Å². The van der Waals surface area contributed by atoms with Gasteiger partial charge in [0.15, 0.2) is 0 Å². The lowest BCUT2D eigenvalue weighted by atomic mass is 10.2. The molecular formula is C18H21NO3. The summed E-state index contributed by atoms with van der Waals surface area (Å²) in [5.74, 6) is 1.53. The Morgan fingerprint density at radius 3 is 2.45 bits per heavy atom. The van der Waals surface area contributed by atoms with Crippen LogP contribution in [-0.2, 0) is 0 Å². The topological polar surface area (TPSA) is 38.8 Å². The number of likely N-dealkylation sites (N-methyl/N-ethyl adjacent to an activating group) is 1. The number of carbonyl (C=O) groups is 1. The quantitative estimate of drug-likeness (QED) is 0.822. The van der Waals surface area contributed by atoms with Gasteiger partial charge in [-0.2, -0.15) is 0 Å². The predicted octanol–water partition coefficient (Wildman–Crippen LogP) is 3.15. The summed E-state index contributed by atoms with van der Waals surface area (Å²) in [6.07, 6.45) is 0. The summed E-state index contributed by atoms with van der Waals surface area (Å²) < 4.78 is 10.8. The number of benzene rings is 2. The van der Waals surface area contributed by atoms with E-state index in [0.29, 0.717) is 18.7 Å². The SMILES string of the molecule is COc1ccc(C(=O)N(C)CCOc2cccc(C)c2)cc1. The Morgan fingerprint density at radius 2 is 1.82 bits per heavy atom. The van der Waals surface area contributed by atoms with Crippen LogP contribution in [0, 0.1) is 6.92 Å². The van der Waals surface area contributed by atoms with Crippen LogP contribution in [0.15, 0.2) is 48.5 Å². The first-order valence-electron chi connectivity index (χ1n) is 7.19. The molecule has 0 saturated carbocycles. The summed E-state index contributed by atoms with van der Waals surface area (Å²) in [5, 5.41) is 0. The fourth-order valence-corrected chi connectivity index (χ4v) is 2.06. The van der Waals surface area contributed by atoms with Crippen molar-refractivity contribution in [1.82, 2.24) is 4.90 Å². The number of hydrogen-bond donors (Lipinski definition) is 0. The van der Waals surface area contributed by atoms with Gasteiger partial charge >= 0.3 is 0 Å². The largest absolute Gasteiger partial charge is 0.497 e. The van der Waals surface area contributed by atoms with Crippen molar-refractivity contribution in [2.45, 2.75) is 6.92 Å². The Hall–Kier alpha value is -2.49. The van der Waals surface area contributed by atoms with E-state index in [9.17, 15) is 4.79 Å². The van der Waals surface area contributed by atoms with Gasteiger partial charge < -0.3 is 14.4 Å². The Morgan fingerprint density at radius 1 is 1.09 bits per heavy atom. The monoisotopic (exact) mass is 299 g/mol. The Labute approximate surface area is 131 Å². The Balaban J connectivity index is 1.85. The molecular weight excluding hydrogens is 278 g/mol. The van der Waals surface area contributed by atoms with Crippen molar-refractivity contribution in [3.63, 3.8) is 0 Å². The van der Waals surface area contributed by atoms with Gasteiger partial charge in [0.2, 0.25) is 0 Å². The van der Waals surface area contributed by atoms with E-state index in [4.69, 9.17) is 9.47 Å². The minimum absolute atomic E-state index is 0.0319. The molecule has 0 aromatic heterocycles.